The highest BCUT2D eigenvalue weighted by molar-refractivity contribution is 6.04. The van der Waals surface area contributed by atoms with Gasteiger partial charge in [0.2, 0.25) is 0 Å². The first-order valence-corrected chi connectivity index (χ1v) is 8.69. The van der Waals surface area contributed by atoms with Crippen LogP contribution in [-0.4, -0.2) is 12.4 Å². The molecule has 4 rings (SSSR count). The highest BCUT2D eigenvalue weighted by Crippen LogP contribution is 2.38. The van der Waals surface area contributed by atoms with E-state index in [2.05, 4.69) is 12.1 Å². The third kappa shape index (κ3) is 2.78. The SMILES string of the molecule is O=C1c2ccc(C3CCCCC3)cc2OCC1c1ccccc1. The molecule has 1 aliphatic heterocycles. The third-order valence-electron chi connectivity index (χ3n) is 5.27. The van der Waals surface area contributed by atoms with Crippen molar-refractivity contribution < 1.29 is 9.53 Å². The summed E-state index contributed by atoms with van der Waals surface area (Å²) in [7, 11) is 0. The van der Waals surface area contributed by atoms with Gasteiger partial charge in [0.05, 0.1) is 11.5 Å². The van der Waals surface area contributed by atoms with Crippen LogP contribution in [0, 0.1) is 0 Å². The van der Waals surface area contributed by atoms with Gasteiger partial charge in [-0.2, -0.15) is 0 Å². The third-order valence-corrected chi connectivity index (χ3v) is 5.27. The second-order valence-electron chi connectivity index (χ2n) is 6.73. The molecule has 2 aromatic carbocycles. The first-order valence-electron chi connectivity index (χ1n) is 8.69. The second-order valence-corrected chi connectivity index (χ2v) is 6.73. The Morgan fingerprint density at radius 3 is 2.43 bits per heavy atom. The molecule has 0 radical (unpaired) electrons. The van der Waals surface area contributed by atoms with Crippen LogP contribution in [0.3, 0.4) is 0 Å². The predicted octanol–water partition coefficient (Wildman–Crippen LogP) is 5.09. The molecular weight excluding hydrogens is 284 g/mol. The lowest BCUT2D eigenvalue weighted by Gasteiger charge is -2.27. The van der Waals surface area contributed by atoms with Crippen LogP contribution in [0.4, 0.5) is 0 Å². The Morgan fingerprint density at radius 1 is 0.870 bits per heavy atom. The minimum atomic E-state index is -0.177. The number of hydrogen-bond acceptors (Lipinski definition) is 2. The van der Waals surface area contributed by atoms with Crippen molar-refractivity contribution in [2.75, 3.05) is 6.61 Å². The Kier molecular flexibility index (Phi) is 3.90. The van der Waals surface area contributed by atoms with Crippen molar-refractivity contribution in [3.63, 3.8) is 0 Å². The molecule has 23 heavy (non-hydrogen) atoms. The molecule has 0 bridgehead atoms. The topological polar surface area (TPSA) is 26.3 Å². The summed E-state index contributed by atoms with van der Waals surface area (Å²) < 4.78 is 5.97. The zero-order valence-corrected chi connectivity index (χ0v) is 13.3. The molecule has 0 amide bonds. The van der Waals surface area contributed by atoms with Crippen molar-refractivity contribution in [3.05, 3.63) is 65.2 Å². The zero-order chi connectivity index (χ0) is 15.6. The fourth-order valence-corrected chi connectivity index (χ4v) is 3.92. The van der Waals surface area contributed by atoms with Gasteiger partial charge >= 0.3 is 0 Å². The first kappa shape index (κ1) is 14.5. The van der Waals surface area contributed by atoms with E-state index >= 15 is 0 Å². The molecule has 1 saturated carbocycles. The molecule has 2 heteroatoms. The van der Waals surface area contributed by atoms with Crippen LogP contribution >= 0.6 is 0 Å². The second kappa shape index (κ2) is 6.19. The number of Topliss-reactive ketones (excluding diaryl/α,β-unsaturated/α-hetero) is 1. The predicted molar refractivity (Wildman–Crippen MR) is 91.3 cm³/mol. The van der Waals surface area contributed by atoms with Crippen molar-refractivity contribution in [1.82, 2.24) is 0 Å². The number of carbonyl (C=O) groups is 1. The van der Waals surface area contributed by atoms with Crippen LogP contribution in [-0.2, 0) is 0 Å². The van der Waals surface area contributed by atoms with E-state index in [9.17, 15) is 4.79 Å². The molecule has 1 unspecified atom stereocenters. The number of ketones is 1. The monoisotopic (exact) mass is 306 g/mol. The van der Waals surface area contributed by atoms with Gasteiger partial charge in [-0.25, -0.2) is 0 Å². The molecule has 2 aliphatic rings. The van der Waals surface area contributed by atoms with Crippen LogP contribution in [0.15, 0.2) is 48.5 Å². The van der Waals surface area contributed by atoms with Crippen LogP contribution < -0.4 is 4.74 Å². The molecule has 0 N–H and O–H groups in total. The number of benzene rings is 2. The van der Waals surface area contributed by atoms with Crippen LogP contribution in [0.25, 0.3) is 0 Å². The van der Waals surface area contributed by atoms with Crippen molar-refractivity contribution in [3.8, 4) is 5.75 Å². The zero-order valence-electron chi connectivity index (χ0n) is 13.3. The Bertz CT molecular complexity index is 699. The summed E-state index contributed by atoms with van der Waals surface area (Å²) >= 11 is 0. The van der Waals surface area contributed by atoms with Crippen molar-refractivity contribution in [2.45, 2.75) is 43.9 Å². The summed E-state index contributed by atoms with van der Waals surface area (Å²) in [5.41, 5.74) is 3.12. The minimum Gasteiger partial charge on any atom is -0.492 e. The lowest BCUT2D eigenvalue weighted by Crippen LogP contribution is -2.26. The molecule has 2 aromatic rings. The maximum absolute atomic E-state index is 12.8. The number of carbonyl (C=O) groups excluding carboxylic acids is 1. The summed E-state index contributed by atoms with van der Waals surface area (Å²) in [6.45, 7) is 0.448. The van der Waals surface area contributed by atoms with Crippen molar-refractivity contribution in [2.24, 2.45) is 0 Å². The van der Waals surface area contributed by atoms with E-state index < -0.39 is 0 Å². The van der Waals surface area contributed by atoms with Gasteiger partial charge in [0, 0.05) is 0 Å². The Balaban J connectivity index is 1.61. The van der Waals surface area contributed by atoms with Gasteiger partial charge in [-0.05, 0) is 42.0 Å². The first-order chi connectivity index (χ1) is 11.3. The van der Waals surface area contributed by atoms with E-state index in [1.807, 2.05) is 36.4 Å². The van der Waals surface area contributed by atoms with Crippen molar-refractivity contribution in [1.29, 1.82) is 0 Å². The largest absolute Gasteiger partial charge is 0.492 e. The molecule has 0 saturated heterocycles. The molecule has 0 aromatic heterocycles. The normalized spacial score (nSPS) is 21.6. The summed E-state index contributed by atoms with van der Waals surface area (Å²) in [6.07, 6.45) is 6.52. The molecule has 1 atom stereocenters. The van der Waals surface area contributed by atoms with E-state index in [-0.39, 0.29) is 11.7 Å². The molecule has 0 spiro atoms. The van der Waals surface area contributed by atoms with Crippen LogP contribution in [0.2, 0.25) is 0 Å². The molecule has 1 aliphatic carbocycles. The minimum absolute atomic E-state index is 0.177. The van der Waals surface area contributed by atoms with Gasteiger partial charge in [-0.15, -0.1) is 0 Å². The summed E-state index contributed by atoms with van der Waals surface area (Å²) in [5.74, 6) is 1.43. The highest BCUT2D eigenvalue weighted by atomic mass is 16.5. The van der Waals surface area contributed by atoms with E-state index in [1.54, 1.807) is 0 Å². The molecule has 118 valence electrons. The number of ether oxygens (including phenoxy) is 1. The van der Waals surface area contributed by atoms with Gasteiger partial charge in [0.15, 0.2) is 5.78 Å². The molecular formula is C21H22O2. The van der Waals surface area contributed by atoms with Gasteiger partial charge in [-0.1, -0.05) is 55.7 Å². The van der Waals surface area contributed by atoms with Gasteiger partial charge < -0.3 is 4.74 Å². The van der Waals surface area contributed by atoms with E-state index in [4.69, 9.17) is 4.74 Å². The number of rotatable bonds is 2. The van der Waals surface area contributed by atoms with Crippen LogP contribution in [0.1, 0.15) is 65.4 Å². The average Bonchev–Trinajstić information content (AvgIpc) is 2.63. The summed E-state index contributed by atoms with van der Waals surface area (Å²) in [5, 5.41) is 0. The van der Waals surface area contributed by atoms with Gasteiger partial charge in [0.25, 0.3) is 0 Å². The lowest BCUT2D eigenvalue weighted by atomic mass is 9.82. The standard InChI is InChI=1S/C21H22O2/c22-21-18-12-11-17(15-7-3-1-4-8-15)13-20(18)23-14-19(21)16-9-5-2-6-10-16/h2,5-6,9-13,15,19H,1,3-4,7-8,14H2. The number of hydrogen-bond donors (Lipinski definition) is 0. The quantitative estimate of drug-likeness (QED) is 0.772. The summed E-state index contributed by atoms with van der Waals surface area (Å²) in [4.78, 5) is 12.8. The highest BCUT2D eigenvalue weighted by Gasteiger charge is 2.30. The molecule has 2 nitrogen and oxygen atoms in total. The summed E-state index contributed by atoms with van der Waals surface area (Å²) in [6, 6.07) is 16.2. The van der Waals surface area contributed by atoms with Crippen molar-refractivity contribution >= 4 is 5.78 Å². The smallest absolute Gasteiger partial charge is 0.177 e. The average molecular weight is 306 g/mol. The number of fused-ring (bicyclic) bond motifs is 1. The Labute approximate surface area is 137 Å². The Hall–Kier alpha value is -2.09. The van der Waals surface area contributed by atoms with Gasteiger partial charge in [0.1, 0.15) is 12.4 Å². The fraction of sp³-hybridized carbons (Fsp3) is 0.381. The maximum Gasteiger partial charge on any atom is 0.177 e. The lowest BCUT2D eigenvalue weighted by molar-refractivity contribution is 0.0896. The van der Waals surface area contributed by atoms with E-state index in [0.717, 1.165) is 16.9 Å². The molecule has 1 fully saturated rings. The van der Waals surface area contributed by atoms with E-state index in [1.165, 1.54) is 37.7 Å². The fourth-order valence-electron chi connectivity index (χ4n) is 3.92. The van der Waals surface area contributed by atoms with E-state index in [0.29, 0.717) is 12.5 Å². The Morgan fingerprint density at radius 2 is 1.65 bits per heavy atom. The maximum atomic E-state index is 12.8. The molecule has 1 heterocycles. The van der Waals surface area contributed by atoms with Crippen LogP contribution in [0.5, 0.6) is 5.75 Å². The van der Waals surface area contributed by atoms with Gasteiger partial charge in [-0.3, -0.25) is 4.79 Å².